The lowest BCUT2D eigenvalue weighted by Crippen LogP contribution is -2.18. The lowest BCUT2D eigenvalue weighted by Gasteiger charge is -2.16. The van der Waals surface area contributed by atoms with E-state index in [1.165, 1.54) is 47.9 Å². The van der Waals surface area contributed by atoms with Crippen molar-refractivity contribution in [3.05, 3.63) is 16.8 Å². The van der Waals surface area contributed by atoms with E-state index in [4.69, 9.17) is 5.73 Å². The van der Waals surface area contributed by atoms with Crippen molar-refractivity contribution < 1.29 is 0 Å². The molecule has 0 fully saturated rings. The predicted octanol–water partition coefficient (Wildman–Crippen LogP) is 3.36. The summed E-state index contributed by atoms with van der Waals surface area (Å²) in [5.41, 5.74) is 7.21. The van der Waals surface area contributed by atoms with E-state index in [-0.39, 0.29) is 0 Å². The molecule has 0 bridgehead atoms. The highest BCUT2D eigenvalue weighted by Gasteiger charge is 2.21. The Balaban J connectivity index is 1.80. The first-order valence-corrected chi connectivity index (χ1v) is 8.84. The summed E-state index contributed by atoms with van der Waals surface area (Å²) in [5, 5.41) is 4.85. The summed E-state index contributed by atoms with van der Waals surface area (Å²) in [6, 6.07) is 0. The minimum Gasteiger partial charge on any atom is -0.369 e. The SMILES string of the molecule is CCCC(CCN)CNc1ncnc2sc3c(c12)CCC3. The number of nitrogens with one attached hydrogen (secondary N) is 1. The van der Waals surface area contributed by atoms with Gasteiger partial charge in [-0.15, -0.1) is 11.3 Å². The molecule has 0 saturated carbocycles. The minimum absolute atomic E-state index is 0.636. The van der Waals surface area contributed by atoms with Crippen molar-refractivity contribution in [3.63, 3.8) is 0 Å². The van der Waals surface area contributed by atoms with Gasteiger partial charge in [0, 0.05) is 11.4 Å². The number of thiophene rings is 1. The number of hydrogen-bond acceptors (Lipinski definition) is 5. The standard InChI is InChI=1S/C16H24N4S/c1-2-4-11(7-8-17)9-18-15-14-12-5-3-6-13(12)21-16(14)20-10-19-15/h10-11H,2-9,17H2,1H3,(H,18,19,20). The molecule has 0 amide bonds. The van der Waals surface area contributed by atoms with Gasteiger partial charge in [0.25, 0.3) is 0 Å². The van der Waals surface area contributed by atoms with E-state index in [0.29, 0.717) is 5.92 Å². The maximum atomic E-state index is 5.72. The van der Waals surface area contributed by atoms with Gasteiger partial charge >= 0.3 is 0 Å². The molecule has 3 rings (SSSR count). The van der Waals surface area contributed by atoms with Gasteiger partial charge < -0.3 is 11.1 Å². The normalized spacial score (nSPS) is 15.3. The highest BCUT2D eigenvalue weighted by molar-refractivity contribution is 7.19. The Morgan fingerprint density at radius 3 is 3.05 bits per heavy atom. The van der Waals surface area contributed by atoms with Crippen LogP contribution in [0.25, 0.3) is 10.2 Å². The van der Waals surface area contributed by atoms with Gasteiger partial charge in [-0.3, -0.25) is 0 Å². The fourth-order valence-electron chi connectivity index (χ4n) is 3.30. The molecule has 0 saturated heterocycles. The van der Waals surface area contributed by atoms with E-state index in [2.05, 4.69) is 22.2 Å². The highest BCUT2D eigenvalue weighted by Crippen LogP contribution is 2.39. The van der Waals surface area contributed by atoms with Crippen molar-refractivity contribution in [2.45, 2.75) is 45.4 Å². The zero-order valence-corrected chi connectivity index (χ0v) is 13.5. The van der Waals surface area contributed by atoms with E-state index in [1.807, 2.05) is 11.3 Å². The van der Waals surface area contributed by atoms with Crippen molar-refractivity contribution in [2.75, 3.05) is 18.4 Å². The van der Waals surface area contributed by atoms with E-state index in [9.17, 15) is 0 Å². The average molecular weight is 304 g/mol. The molecule has 1 atom stereocenters. The maximum Gasteiger partial charge on any atom is 0.138 e. The van der Waals surface area contributed by atoms with E-state index < -0.39 is 0 Å². The largest absolute Gasteiger partial charge is 0.369 e. The Labute approximate surface area is 130 Å². The first kappa shape index (κ1) is 14.7. The van der Waals surface area contributed by atoms with Gasteiger partial charge in [0.15, 0.2) is 0 Å². The Morgan fingerprint density at radius 1 is 1.33 bits per heavy atom. The molecule has 1 unspecified atom stereocenters. The monoisotopic (exact) mass is 304 g/mol. The summed E-state index contributed by atoms with van der Waals surface area (Å²) in [6.07, 6.45) is 8.86. The number of aromatic nitrogens is 2. The summed E-state index contributed by atoms with van der Waals surface area (Å²) in [7, 11) is 0. The number of nitrogens with two attached hydrogens (primary N) is 1. The Bertz CT molecular complexity index is 602. The molecule has 1 aliphatic carbocycles. The van der Waals surface area contributed by atoms with Crippen LogP contribution in [0.4, 0.5) is 5.82 Å². The highest BCUT2D eigenvalue weighted by atomic mass is 32.1. The molecule has 2 aromatic rings. The molecular formula is C16H24N4S. The number of fused-ring (bicyclic) bond motifs is 3. The quantitative estimate of drug-likeness (QED) is 0.823. The van der Waals surface area contributed by atoms with Crippen LogP contribution in [0.1, 0.15) is 43.0 Å². The topological polar surface area (TPSA) is 63.8 Å². The molecule has 0 spiro atoms. The Kier molecular flexibility index (Phi) is 4.70. The molecule has 3 N–H and O–H groups in total. The van der Waals surface area contributed by atoms with Gasteiger partial charge in [0.1, 0.15) is 17.0 Å². The summed E-state index contributed by atoms with van der Waals surface area (Å²) in [6.45, 7) is 3.96. The van der Waals surface area contributed by atoms with Gasteiger partial charge in [-0.05, 0) is 50.1 Å². The van der Waals surface area contributed by atoms with E-state index >= 15 is 0 Å². The van der Waals surface area contributed by atoms with Crippen LogP contribution in [-0.2, 0) is 12.8 Å². The molecule has 2 heterocycles. The molecule has 0 aliphatic heterocycles. The first-order valence-electron chi connectivity index (χ1n) is 8.02. The molecule has 114 valence electrons. The van der Waals surface area contributed by atoms with Crippen LogP contribution < -0.4 is 11.1 Å². The number of rotatable bonds is 7. The van der Waals surface area contributed by atoms with Gasteiger partial charge in [0.05, 0.1) is 5.39 Å². The maximum absolute atomic E-state index is 5.72. The van der Waals surface area contributed by atoms with Crippen molar-refractivity contribution in [3.8, 4) is 0 Å². The average Bonchev–Trinajstić information content (AvgIpc) is 3.05. The lowest BCUT2D eigenvalue weighted by molar-refractivity contribution is 0.473. The summed E-state index contributed by atoms with van der Waals surface area (Å²) >= 11 is 1.84. The number of nitrogens with zero attached hydrogens (tertiary/aromatic N) is 2. The third-order valence-corrected chi connectivity index (χ3v) is 5.53. The van der Waals surface area contributed by atoms with Crippen LogP contribution in [-0.4, -0.2) is 23.1 Å². The third-order valence-electron chi connectivity index (χ3n) is 4.33. The number of aryl methyl sites for hydroxylation is 2. The van der Waals surface area contributed by atoms with Gasteiger partial charge in [-0.1, -0.05) is 13.3 Å². The zero-order chi connectivity index (χ0) is 14.7. The lowest BCUT2D eigenvalue weighted by atomic mass is 10.00. The van der Waals surface area contributed by atoms with Crippen LogP contribution in [0.5, 0.6) is 0 Å². The van der Waals surface area contributed by atoms with Crippen molar-refractivity contribution >= 4 is 27.4 Å². The second-order valence-corrected chi connectivity index (χ2v) is 6.96. The summed E-state index contributed by atoms with van der Waals surface area (Å²) < 4.78 is 0. The van der Waals surface area contributed by atoms with Crippen molar-refractivity contribution in [1.29, 1.82) is 0 Å². The molecule has 1 aliphatic rings. The predicted molar refractivity (Wildman–Crippen MR) is 90.0 cm³/mol. The van der Waals surface area contributed by atoms with Crippen LogP contribution in [0.2, 0.25) is 0 Å². The second kappa shape index (κ2) is 6.71. The molecular weight excluding hydrogens is 280 g/mol. The van der Waals surface area contributed by atoms with Crippen molar-refractivity contribution in [1.82, 2.24) is 9.97 Å². The third kappa shape index (κ3) is 3.04. The van der Waals surface area contributed by atoms with E-state index in [1.54, 1.807) is 6.33 Å². The second-order valence-electron chi connectivity index (χ2n) is 5.87. The van der Waals surface area contributed by atoms with Gasteiger partial charge in [-0.25, -0.2) is 9.97 Å². The van der Waals surface area contributed by atoms with Crippen LogP contribution in [0.15, 0.2) is 6.33 Å². The van der Waals surface area contributed by atoms with Crippen molar-refractivity contribution in [2.24, 2.45) is 11.7 Å². The minimum atomic E-state index is 0.636. The van der Waals surface area contributed by atoms with Gasteiger partial charge in [-0.2, -0.15) is 0 Å². The molecule has 0 radical (unpaired) electrons. The van der Waals surface area contributed by atoms with E-state index in [0.717, 1.165) is 30.2 Å². The Morgan fingerprint density at radius 2 is 2.24 bits per heavy atom. The molecule has 0 aromatic carbocycles. The number of anilines is 1. The molecule has 5 heteroatoms. The number of hydrogen-bond donors (Lipinski definition) is 2. The van der Waals surface area contributed by atoms with Gasteiger partial charge in [0.2, 0.25) is 0 Å². The summed E-state index contributed by atoms with van der Waals surface area (Å²) in [5.74, 6) is 1.66. The smallest absolute Gasteiger partial charge is 0.138 e. The first-order chi connectivity index (χ1) is 10.3. The molecule has 4 nitrogen and oxygen atoms in total. The Hall–Kier alpha value is -1.20. The fourth-order valence-corrected chi connectivity index (χ4v) is 4.52. The van der Waals surface area contributed by atoms with Crippen LogP contribution in [0.3, 0.4) is 0 Å². The zero-order valence-electron chi connectivity index (χ0n) is 12.7. The summed E-state index contributed by atoms with van der Waals surface area (Å²) in [4.78, 5) is 11.6. The van der Waals surface area contributed by atoms with Crippen LogP contribution in [0, 0.1) is 5.92 Å². The van der Waals surface area contributed by atoms with Crippen LogP contribution >= 0.6 is 11.3 Å². The molecule has 21 heavy (non-hydrogen) atoms. The molecule has 2 aromatic heterocycles. The fraction of sp³-hybridized carbons (Fsp3) is 0.625.